The van der Waals surface area contributed by atoms with Gasteiger partial charge in [0.2, 0.25) is 5.91 Å². The number of fused-ring (bicyclic) bond motifs is 1. The Morgan fingerprint density at radius 2 is 2.10 bits per heavy atom. The van der Waals surface area contributed by atoms with Gasteiger partial charge in [-0.3, -0.25) is 9.59 Å². The third-order valence-corrected chi connectivity index (χ3v) is 6.89. The minimum absolute atomic E-state index is 0.0430. The number of hydrogen-bond acceptors (Lipinski definition) is 5. The summed E-state index contributed by atoms with van der Waals surface area (Å²) in [5.41, 5.74) is 2.50. The van der Waals surface area contributed by atoms with Gasteiger partial charge in [-0.15, -0.1) is 0 Å². The molecule has 6 nitrogen and oxygen atoms in total. The third kappa shape index (κ3) is 5.66. The molecule has 1 fully saturated rings. The SMILES string of the molecule is C[C@@H]1CCCN(CCCNC(=O)c2ccc(CN3C(=O)CSc4ncccc43)cc2)C1. The lowest BCUT2D eigenvalue weighted by Gasteiger charge is -2.30. The lowest BCUT2D eigenvalue weighted by molar-refractivity contribution is -0.116. The van der Waals surface area contributed by atoms with Gasteiger partial charge in [0.15, 0.2) is 0 Å². The molecule has 2 aliphatic heterocycles. The molecule has 4 rings (SSSR count). The minimum atomic E-state index is -0.0430. The maximum atomic E-state index is 12.5. The number of benzene rings is 1. The second kappa shape index (κ2) is 10.3. The van der Waals surface area contributed by atoms with Crippen LogP contribution in [0.15, 0.2) is 47.6 Å². The Kier molecular flexibility index (Phi) is 7.25. The van der Waals surface area contributed by atoms with Crippen LogP contribution in [-0.2, 0) is 11.3 Å². The predicted molar refractivity (Wildman–Crippen MR) is 124 cm³/mol. The number of rotatable bonds is 7. The van der Waals surface area contributed by atoms with E-state index in [1.165, 1.54) is 37.7 Å². The molecule has 0 bridgehead atoms. The molecule has 0 saturated carbocycles. The van der Waals surface area contributed by atoms with E-state index in [0.29, 0.717) is 24.4 Å². The van der Waals surface area contributed by atoms with Crippen molar-refractivity contribution in [3.8, 4) is 0 Å². The van der Waals surface area contributed by atoms with Gasteiger partial charge in [0.05, 0.1) is 18.0 Å². The zero-order chi connectivity index (χ0) is 21.6. The van der Waals surface area contributed by atoms with E-state index >= 15 is 0 Å². The number of carbonyl (C=O) groups excluding carboxylic acids is 2. The summed E-state index contributed by atoms with van der Waals surface area (Å²) < 4.78 is 0. The number of pyridine rings is 1. The lowest BCUT2D eigenvalue weighted by atomic mass is 10.0. The smallest absolute Gasteiger partial charge is 0.251 e. The van der Waals surface area contributed by atoms with E-state index in [1.54, 1.807) is 11.1 Å². The summed E-state index contributed by atoms with van der Waals surface area (Å²) in [6.07, 6.45) is 5.33. The summed E-state index contributed by atoms with van der Waals surface area (Å²) in [6, 6.07) is 11.3. The van der Waals surface area contributed by atoms with Crippen LogP contribution < -0.4 is 10.2 Å². The molecule has 2 aliphatic rings. The summed E-state index contributed by atoms with van der Waals surface area (Å²) in [7, 11) is 0. The van der Waals surface area contributed by atoms with Gasteiger partial charge in [0, 0.05) is 24.8 Å². The molecule has 31 heavy (non-hydrogen) atoms. The van der Waals surface area contributed by atoms with Crippen LogP contribution in [0.25, 0.3) is 0 Å². The van der Waals surface area contributed by atoms with Crippen molar-refractivity contribution in [3.63, 3.8) is 0 Å². The van der Waals surface area contributed by atoms with E-state index in [4.69, 9.17) is 0 Å². The van der Waals surface area contributed by atoms with Crippen LogP contribution in [0, 0.1) is 5.92 Å². The van der Waals surface area contributed by atoms with Crippen molar-refractivity contribution < 1.29 is 9.59 Å². The summed E-state index contributed by atoms with van der Waals surface area (Å²) in [5.74, 6) is 1.22. The Labute approximate surface area is 188 Å². The first-order valence-corrected chi connectivity index (χ1v) is 12.1. The minimum Gasteiger partial charge on any atom is -0.352 e. The Balaban J connectivity index is 1.27. The number of carbonyl (C=O) groups is 2. The van der Waals surface area contributed by atoms with Crippen LogP contribution in [0.3, 0.4) is 0 Å². The molecule has 164 valence electrons. The van der Waals surface area contributed by atoms with Crippen LogP contribution in [0.4, 0.5) is 5.69 Å². The molecule has 2 amide bonds. The van der Waals surface area contributed by atoms with E-state index in [9.17, 15) is 9.59 Å². The number of anilines is 1. The van der Waals surface area contributed by atoms with Crippen LogP contribution in [-0.4, -0.2) is 53.6 Å². The van der Waals surface area contributed by atoms with Gasteiger partial charge in [-0.1, -0.05) is 30.8 Å². The van der Waals surface area contributed by atoms with Crippen LogP contribution in [0.5, 0.6) is 0 Å². The summed E-state index contributed by atoms with van der Waals surface area (Å²) in [5, 5.41) is 3.92. The highest BCUT2D eigenvalue weighted by molar-refractivity contribution is 8.00. The number of nitrogens with zero attached hydrogens (tertiary/aromatic N) is 3. The highest BCUT2D eigenvalue weighted by Gasteiger charge is 2.25. The molecule has 0 radical (unpaired) electrons. The number of hydrogen-bond donors (Lipinski definition) is 1. The molecule has 0 aliphatic carbocycles. The summed E-state index contributed by atoms with van der Waals surface area (Å²) in [6.45, 7) is 6.88. The zero-order valence-corrected chi connectivity index (χ0v) is 18.9. The van der Waals surface area contributed by atoms with Gasteiger partial charge < -0.3 is 15.1 Å². The first-order valence-electron chi connectivity index (χ1n) is 11.1. The maximum Gasteiger partial charge on any atom is 0.251 e. The number of aromatic nitrogens is 1. The van der Waals surface area contributed by atoms with Gasteiger partial charge in [-0.2, -0.15) is 0 Å². The van der Waals surface area contributed by atoms with Crippen molar-refractivity contribution in [2.24, 2.45) is 5.92 Å². The molecule has 1 aromatic carbocycles. The molecule has 0 unspecified atom stereocenters. The molecule has 7 heteroatoms. The lowest BCUT2D eigenvalue weighted by Crippen LogP contribution is -2.36. The number of likely N-dealkylation sites (tertiary alicyclic amines) is 1. The van der Waals surface area contributed by atoms with Gasteiger partial charge in [-0.25, -0.2) is 4.98 Å². The van der Waals surface area contributed by atoms with Crippen molar-refractivity contribution >= 4 is 29.3 Å². The molecular formula is C24H30N4O2S. The second-order valence-corrected chi connectivity index (χ2v) is 9.41. The van der Waals surface area contributed by atoms with Crippen molar-refractivity contribution in [3.05, 3.63) is 53.7 Å². The standard InChI is InChI=1S/C24H30N4O2S/c1-18-5-3-13-27(15-18)14-4-12-25-23(30)20-9-7-19(8-10-20)16-28-21-6-2-11-26-24(21)31-17-22(28)29/h2,6-11,18H,3-5,12-17H2,1H3,(H,25,30)/t18-/m1/s1. The topological polar surface area (TPSA) is 65.5 Å². The summed E-state index contributed by atoms with van der Waals surface area (Å²) in [4.78, 5) is 33.5. The Morgan fingerprint density at radius 3 is 2.90 bits per heavy atom. The van der Waals surface area contributed by atoms with E-state index in [1.807, 2.05) is 36.4 Å². The number of nitrogens with one attached hydrogen (secondary N) is 1. The monoisotopic (exact) mass is 438 g/mol. The van der Waals surface area contributed by atoms with Crippen LogP contribution >= 0.6 is 11.8 Å². The molecule has 3 heterocycles. The Hall–Kier alpha value is -2.38. The molecule has 1 N–H and O–H groups in total. The maximum absolute atomic E-state index is 12.5. The van der Waals surface area contributed by atoms with E-state index in [-0.39, 0.29) is 11.8 Å². The van der Waals surface area contributed by atoms with E-state index < -0.39 is 0 Å². The van der Waals surface area contributed by atoms with Gasteiger partial charge in [-0.05, 0) is 68.1 Å². The van der Waals surface area contributed by atoms with Crippen molar-refractivity contribution in [1.82, 2.24) is 15.2 Å². The van der Waals surface area contributed by atoms with Gasteiger partial charge in [0.1, 0.15) is 5.03 Å². The Morgan fingerprint density at radius 1 is 1.26 bits per heavy atom. The normalized spacial score (nSPS) is 19.2. The fraction of sp³-hybridized carbons (Fsp3) is 0.458. The fourth-order valence-corrected chi connectivity index (χ4v) is 5.13. The van der Waals surface area contributed by atoms with Crippen molar-refractivity contribution in [2.75, 3.05) is 36.8 Å². The van der Waals surface area contributed by atoms with Crippen LogP contribution in [0.1, 0.15) is 42.1 Å². The van der Waals surface area contributed by atoms with Gasteiger partial charge >= 0.3 is 0 Å². The van der Waals surface area contributed by atoms with Crippen molar-refractivity contribution in [2.45, 2.75) is 37.8 Å². The highest BCUT2D eigenvalue weighted by atomic mass is 32.2. The molecule has 1 saturated heterocycles. The third-order valence-electron chi connectivity index (χ3n) is 5.91. The Bertz CT molecular complexity index is 918. The molecular weight excluding hydrogens is 408 g/mol. The van der Waals surface area contributed by atoms with E-state index in [2.05, 4.69) is 22.1 Å². The highest BCUT2D eigenvalue weighted by Crippen LogP contribution is 2.34. The predicted octanol–water partition coefficient (Wildman–Crippen LogP) is 3.57. The largest absolute Gasteiger partial charge is 0.352 e. The van der Waals surface area contributed by atoms with E-state index in [0.717, 1.165) is 35.2 Å². The number of piperidine rings is 1. The van der Waals surface area contributed by atoms with Crippen molar-refractivity contribution in [1.29, 1.82) is 0 Å². The van der Waals surface area contributed by atoms with Gasteiger partial charge in [0.25, 0.3) is 5.91 Å². The first kappa shape index (κ1) is 21.8. The van der Waals surface area contributed by atoms with Crippen LogP contribution in [0.2, 0.25) is 0 Å². The molecule has 1 aromatic heterocycles. The zero-order valence-electron chi connectivity index (χ0n) is 18.0. The second-order valence-electron chi connectivity index (χ2n) is 8.45. The fourth-order valence-electron chi connectivity index (χ4n) is 4.26. The molecule has 1 atom stereocenters. The quantitative estimate of drug-likeness (QED) is 0.670. The first-order chi connectivity index (χ1) is 15.1. The molecule has 2 aromatic rings. The number of amides is 2. The molecule has 0 spiro atoms. The average Bonchev–Trinajstić information content (AvgIpc) is 2.79. The summed E-state index contributed by atoms with van der Waals surface area (Å²) >= 11 is 1.48. The number of thioether (sulfide) groups is 1. The average molecular weight is 439 g/mol.